The first-order valence-electron chi connectivity index (χ1n) is 4.46. The summed E-state index contributed by atoms with van der Waals surface area (Å²) in [6.07, 6.45) is 0. The topological polar surface area (TPSA) is 179 Å². The van der Waals surface area contributed by atoms with E-state index in [4.69, 9.17) is 0 Å². The summed E-state index contributed by atoms with van der Waals surface area (Å²) < 4.78 is 25.5. The minimum atomic E-state index is -5.84. The van der Waals surface area contributed by atoms with E-state index < -0.39 is 31.5 Å². The third-order valence-corrected chi connectivity index (χ3v) is 4.82. The number of benzene rings is 1. The largest absolute Gasteiger partial charge is 0.808 e. The van der Waals surface area contributed by atoms with Crippen LogP contribution in [0.3, 0.4) is 0 Å². The van der Waals surface area contributed by atoms with Crippen LogP contribution in [0.4, 0.5) is 5.69 Å². The predicted molar refractivity (Wildman–Crippen MR) is 52.7 cm³/mol. The normalized spacial score (nSPS) is 12.5. The van der Waals surface area contributed by atoms with Gasteiger partial charge in [-0.3, -0.25) is 10.1 Å². The minimum Gasteiger partial charge on any atom is -0.808 e. The lowest BCUT2D eigenvalue weighted by atomic mass is 10.3. The number of nitro groups is 1. The molecule has 0 aromatic heterocycles. The Kier molecular flexibility index (Phi) is 4.46. The molecule has 1 aromatic rings. The van der Waals surface area contributed by atoms with Crippen LogP contribution < -0.4 is 24.3 Å². The molecule has 19 heavy (non-hydrogen) atoms. The van der Waals surface area contributed by atoms with Crippen molar-refractivity contribution in [1.29, 1.82) is 0 Å². The molecule has 0 aliphatic carbocycles. The molecule has 0 saturated heterocycles. The molecule has 1 rings (SSSR count). The van der Waals surface area contributed by atoms with E-state index in [9.17, 15) is 38.8 Å². The highest BCUT2D eigenvalue weighted by Crippen LogP contribution is 2.50. The van der Waals surface area contributed by atoms with Crippen LogP contribution in [0.15, 0.2) is 24.3 Å². The van der Waals surface area contributed by atoms with Gasteiger partial charge in [-0.15, -0.1) is 0 Å². The number of nitrogens with zero attached hydrogens (tertiary/aromatic N) is 1. The second-order valence-corrected chi connectivity index (χ2v) is 6.78. The van der Waals surface area contributed by atoms with Gasteiger partial charge < -0.3 is 33.4 Å². The van der Waals surface area contributed by atoms with Gasteiger partial charge in [0.2, 0.25) is 0 Å². The number of ether oxygens (including phenoxy) is 1. The number of non-ortho nitro benzene ring substituents is 1. The van der Waals surface area contributed by atoms with Gasteiger partial charge in [-0.2, -0.15) is 0 Å². The van der Waals surface area contributed by atoms with E-state index >= 15 is 0 Å². The molecule has 0 saturated carbocycles. The molecular formula is C7H5NO9P2-4. The quantitative estimate of drug-likeness (QED) is 0.340. The van der Waals surface area contributed by atoms with Crippen molar-refractivity contribution in [3.8, 4) is 5.75 Å². The molecule has 10 nitrogen and oxygen atoms in total. The maximum Gasteiger partial charge on any atom is 0.269 e. The number of nitro benzene ring substituents is 1. The van der Waals surface area contributed by atoms with Crippen molar-refractivity contribution >= 4 is 20.9 Å². The Morgan fingerprint density at radius 1 is 1.00 bits per heavy atom. The van der Waals surface area contributed by atoms with E-state index in [1.165, 1.54) is 0 Å². The summed E-state index contributed by atoms with van der Waals surface area (Å²) in [7, 11) is -11.7. The van der Waals surface area contributed by atoms with Crippen molar-refractivity contribution in [2.24, 2.45) is 0 Å². The molecule has 0 aliphatic rings. The van der Waals surface area contributed by atoms with Gasteiger partial charge in [0, 0.05) is 12.1 Å². The average Bonchev–Trinajstić information content (AvgIpc) is 2.23. The molecule has 0 amide bonds. The molecule has 1 aromatic carbocycles. The highest BCUT2D eigenvalue weighted by molar-refractivity contribution is 7.67. The van der Waals surface area contributed by atoms with Crippen molar-refractivity contribution in [3.05, 3.63) is 34.4 Å². The van der Waals surface area contributed by atoms with Gasteiger partial charge in [0.25, 0.3) is 5.69 Å². The van der Waals surface area contributed by atoms with E-state index in [0.717, 1.165) is 24.3 Å². The van der Waals surface area contributed by atoms with Crippen LogP contribution in [-0.4, -0.2) is 10.5 Å². The summed E-state index contributed by atoms with van der Waals surface area (Å²) >= 11 is 0. The van der Waals surface area contributed by atoms with Crippen LogP contribution in [0.25, 0.3) is 0 Å². The maximum atomic E-state index is 10.6. The maximum absolute atomic E-state index is 10.6. The Morgan fingerprint density at radius 2 is 1.42 bits per heavy atom. The second-order valence-electron chi connectivity index (χ2n) is 3.27. The highest BCUT2D eigenvalue weighted by Gasteiger charge is 2.19. The summed E-state index contributed by atoms with van der Waals surface area (Å²) in [5, 5.41) is 10.3. The van der Waals surface area contributed by atoms with Gasteiger partial charge in [0.1, 0.15) is 11.3 Å². The lowest BCUT2D eigenvalue weighted by Gasteiger charge is -2.48. The van der Waals surface area contributed by atoms with E-state index in [1.807, 2.05) is 0 Å². The Bertz CT molecular complexity index is 536. The summed E-state index contributed by atoms with van der Waals surface area (Å²) in [5.74, 6) is -0.477. The number of rotatable bonds is 5. The fraction of sp³-hybridized carbons (Fsp3) is 0.143. The van der Waals surface area contributed by atoms with Gasteiger partial charge >= 0.3 is 0 Å². The lowest BCUT2D eigenvalue weighted by molar-refractivity contribution is -0.384. The molecule has 0 unspecified atom stereocenters. The zero-order valence-electron chi connectivity index (χ0n) is 8.90. The molecule has 0 fully saturated rings. The number of hydrogen-bond acceptors (Lipinski definition) is 9. The third-order valence-electron chi connectivity index (χ3n) is 1.83. The fourth-order valence-electron chi connectivity index (χ4n) is 1.07. The zero-order chi connectivity index (χ0) is 14.8. The first-order valence-corrected chi connectivity index (χ1v) is 7.69. The highest BCUT2D eigenvalue weighted by atomic mass is 31.2. The Labute approximate surface area is 106 Å². The van der Waals surface area contributed by atoms with Crippen molar-refractivity contribution < 1.29 is 38.4 Å². The molecule has 0 aliphatic heterocycles. The van der Waals surface area contributed by atoms with Crippen LogP contribution in [0.2, 0.25) is 0 Å². The summed E-state index contributed by atoms with van der Waals surface area (Å²) in [4.78, 5) is 52.1. The standard InChI is InChI=1S/C7H9NO9P2/c9-8(10)5-1-3-6(4-2-5)17-7(18(11,12)13)19(14,15)16/h1-4,7H,(H2,11,12,13)(H2,14,15,16)/p-4. The molecule has 0 radical (unpaired) electrons. The molecule has 0 spiro atoms. The monoisotopic (exact) mass is 309 g/mol. The van der Waals surface area contributed by atoms with Crippen LogP contribution >= 0.6 is 15.2 Å². The smallest absolute Gasteiger partial charge is 0.269 e. The van der Waals surface area contributed by atoms with Crippen molar-refractivity contribution in [2.45, 2.75) is 5.59 Å². The summed E-state index contributed by atoms with van der Waals surface area (Å²) in [6.45, 7) is 0. The fourth-order valence-corrected chi connectivity index (χ4v) is 2.96. The average molecular weight is 309 g/mol. The molecular weight excluding hydrogens is 304 g/mol. The first-order chi connectivity index (χ1) is 8.51. The van der Waals surface area contributed by atoms with Gasteiger partial charge in [-0.1, -0.05) is 0 Å². The Hall–Kier alpha value is -1.28. The lowest BCUT2D eigenvalue weighted by Crippen LogP contribution is -2.37. The third kappa shape index (κ3) is 4.39. The van der Waals surface area contributed by atoms with Crippen molar-refractivity contribution in [2.75, 3.05) is 0 Å². The van der Waals surface area contributed by atoms with Gasteiger partial charge in [0.05, 0.1) is 4.92 Å². The van der Waals surface area contributed by atoms with E-state index in [1.54, 1.807) is 0 Å². The van der Waals surface area contributed by atoms with E-state index in [0.29, 0.717) is 0 Å². The van der Waals surface area contributed by atoms with Crippen LogP contribution in [0.5, 0.6) is 5.75 Å². The molecule has 0 atom stereocenters. The van der Waals surface area contributed by atoms with E-state index in [-0.39, 0.29) is 5.69 Å². The molecule has 0 bridgehead atoms. The summed E-state index contributed by atoms with van der Waals surface area (Å²) in [6, 6.07) is 3.48. The summed E-state index contributed by atoms with van der Waals surface area (Å²) in [5.41, 5.74) is -3.47. The second kappa shape index (κ2) is 5.38. The van der Waals surface area contributed by atoms with Crippen LogP contribution in [0.1, 0.15) is 0 Å². The van der Waals surface area contributed by atoms with Gasteiger partial charge in [-0.05, 0) is 27.3 Å². The molecule has 106 valence electrons. The minimum absolute atomic E-state index is 0.372. The SMILES string of the molecule is O=[N+]([O-])c1ccc(OC(P(=O)([O-])[O-])P(=O)([O-])[O-])cc1. The van der Waals surface area contributed by atoms with Crippen LogP contribution in [-0.2, 0) is 9.13 Å². The van der Waals surface area contributed by atoms with Crippen LogP contribution in [0, 0.1) is 10.1 Å². The molecule has 12 heteroatoms. The zero-order valence-corrected chi connectivity index (χ0v) is 10.7. The Balaban J connectivity index is 3.02. The van der Waals surface area contributed by atoms with Crippen molar-refractivity contribution in [1.82, 2.24) is 0 Å². The molecule has 0 heterocycles. The Morgan fingerprint density at radius 3 is 1.74 bits per heavy atom. The van der Waals surface area contributed by atoms with E-state index in [2.05, 4.69) is 4.74 Å². The van der Waals surface area contributed by atoms with Crippen molar-refractivity contribution in [3.63, 3.8) is 0 Å². The number of hydrogen-bond donors (Lipinski definition) is 0. The predicted octanol–water partition coefficient (Wildman–Crippen LogP) is -1.92. The molecule has 0 N–H and O–H groups in total. The first kappa shape index (κ1) is 15.8. The van der Waals surface area contributed by atoms with Gasteiger partial charge in [-0.25, -0.2) is 0 Å². The van der Waals surface area contributed by atoms with Gasteiger partial charge in [0.15, 0.2) is 0 Å².